The third-order valence-electron chi connectivity index (χ3n) is 3.99. The molecule has 0 N–H and O–H groups in total. The van der Waals surface area contributed by atoms with Crippen molar-refractivity contribution in [2.45, 2.75) is 56.4 Å². The molecule has 0 aliphatic carbocycles. The Morgan fingerprint density at radius 2 is 2.14 bits per heavy atom. The van der Waals surface area contributed by atoms with Gasteiger partial charge in [-0.05, 0) is 33.6 Å². The smallest absolute Gasteiger partial charge is 0.410 e. The predicted octanol–water partition coefficient (Wildman–Crippen LogP) is 3.00. The van der Waals surface area contributed by atoms with Gasteiger partial charge in [0.05, 0.1) is 34.7 Å². The molecule has 6 nitrogen and oxygen atoms in total. The molecule has 1 saturated heterocycles. The van der Waals surface area contributed by atoms with Gasteiger partial charge in [-0.2, -0.15) is 5.10 Å². The van der Waals surface area contributed by atoms with E-state index in [1.54, 1.807) is 4.90 Å². The summed E-state index contributed by atoms with van der Waals surface area (Å²) in [6, 6.07) is 0. The minimum absolute atomic E-state index is 0.238. The lowest BCUT2D eigenvalue weighted by Crippen LogP contribution is -2.42. The second-order valence-corrected chi connectivity index (χ2v) is 8.31. The summed E-state index contributed by atoms with van der Waals surface area (Å²) >= 11 is 2.49. The van der Waals surface area contributed by atoms with Gasteiger partial charge in [0.15, 0.2) is 0 Å². The average Bonchev–Trinajstić information content (AvgIpc) is 3.01. The minimum atomic E-state index is -0.458. The largest absolute Gasteiger partial charge is 0.444 e. The number of alkyl halides is 1. The van der Waals surface area contributed by atoms with Crippen molar-refractivity contribution in [3.63, 3.8) is 0 Å². The summed E-state index contributed by atoms with van der Waals surface area (Å²) in [4.78, 5) is 16.5. The zero-order valence-corrected chi connectivity index (χ0v) is 15.5. The number of carbonyl (C=O) groups excluding carboxylic acids is 1. The first-order valence-corrected chi connectivity index (χ1v) is 9.03. The molecule has 2 aliphatic heterocycles. The van der Waals surface area contributed by atoms with Crippen molar-refractivity contribution < 1.29 is 9.53 Å². The van der Waals surface area contributed by atoms with Crippen molar-refractivity contribution in [3.05, 3.63) is 11.9 Å². The summed E-state index contributed by atoms with van der Waals surface area (Å²) in [5.41, 5.74) is 1.84. The number of anilines is 1. The van der Waals surface area contributed by atoms with Crippen molar-refractivity contribution >= 4 is 34.4 Å². The topological polar surface area (TPSA) is 50.6 Å². The van der Waals surface area contributed by atoms with E-state index in [1.807, 2.05) is 31.6 Å². The van der Waals surface area contributed by atoms with E-state index in [0.29, 0.717) is 17.1 Å². The Labute approximate surface area is 144 Å². The fourth-order valence-electron chi connectivity index (χ4n) is 2.95. The fourth-order valence-corrected chi connectivity index (χ4v) is 3.97. The van der Waals surface area contributed by atoms with Gasteiger partial charge in [-0.25, -0.2) is 4.79 Å². The molecule has 2 aliphatic rings. The number of amides is 1. The normalized spacial score (nSPS) is 21.9. The van der Waals surface area contributed by atoms with Crippen LogP contribution in [0.4, 0.5) is 10.5 Å². The van der Waals surface area contributed by atoms with Crippen LogP contribution in [0, 0.1) is 0 Å². The van der Waals surface area contributed by atoms with Gasteiger partial charge in [-0.3, -0.25) is 4.68 Å². The third-order valence-corrected chi connectivity index (χ3v) is 5.28. The van der Waals surface area contributed by atoms with Crippen molar-refractivity contribution in [2.75, 3.05) is 18.0 Å². The van der Waals surface area contributed by atoms with E-state index in [9.17, 15) is 4.79 Å². The molecule has 1 amide bonds. The lowest BCUT2D eigenvalue weighted by molar-refractivity contribution is 0.0195. The molecule has 22 heavy (non-hydrogen) atoms. The van der Waals surface area contributed by atoms with E-state index >= 15 is 0 Å². The number of nitrogens with zero attached hydrogens (tertiary/aromatic N) is 4. The molecule has 3 rings (SSSR count). The molecule has 0 saturated carbocycles. The summed E-state index contributed by atoms with van der Waals surface area (Å²) in [5, 5.41) is 4.50. The maximum atomic E-state index is 12.3. The van der Waals surface area contributed by atoms with Crippen LogP contribution in [0.1, 0.15) is 39.3 Å². The highest BCUT2D eigenvalue weighted by Crippen LogP contribution is 2.33. The van der Waals surface area contributed by atoms with Crippen molar-refractivity contribution in [1.29, 1.82) is 0 Å². The van der Waals surface area contributed by atoms with Crippen LogP contribution in [0.15, 0.2) is 6.20 Å². The van der Waals surface area contributed by atoms with Crippen LogP contribution in [-0.2, 0) is 17.8 Å². The molecule has 1 aromatic heterocycles. The Balaban J connectivity index is 1.77. The molecule has 3 heterocycles. The number of fused-ring (bicyclic) bond motifs is 1. The van der Waals surface area contributed by atoms with Crippen LogP contribution in [0.3, 0.4) is 0 Å². The third kappa shape index (κ3) is 3.18. The van der Waals surface area contributed by atoms with Gasteiger partial charge >= 0.3 is 6.09 Å². The Hall–Kier alpha value is -0.990. The predicted molar refractivity (Wildman–Crippen MR) is 93.3 cm³/mol. The molecule has 122 valence electrons. The second-order valence-electron chi connectivity index (χ2n) is 6.87. The van der Waals surface area contributed by atoms with E-state index < -0.39 is 5.60 Å². The highest BCUT2D eigenvalue weighted by molar-refractivity contribution is 14.1. The van der Waals surface area contributed by atoms with E-state index in [4.69, 9.17) is 4.74 Å². The molecule has 1 aromatic rings. The molecule has 1 fully saturated rings. The van der Waals surface area contributed by atoms with E-state index in [2.05, 4.69) is 32.6 Å². The van der Waals surface area contributed by atoms with Crippen molar-refractivity contribution in [3.8, 4) is 0 Å². The molecule has 7 heteroatoms. The number of hydrogen-bond acceptors (Lipinski definition) is 4. The minimum Gasteiger partial charge on any atom is -0.444 e. The molecule has 0 bridgehead atoms. The summed E-state index contributed by atoms with van der Waals surface area (Å²) in [6.45, 7) is 8.72. The van der Waals surface area contributed by atoms with Crippen LogP contribution < -0.4 is 4.90 Å². The molecule has 1 atom stereocenters. The van der Waals surface area contributed by atoms with E-state index in [-0.39, 0.29) is 6.09 Å². The number of hydrogen-bond donors (Lipinski definition) is 0. The molecule has 0 spiro atoms. The van der Waals surface area contributed by atoms with Gasteiger partial charge in [0.2, 0.25) is 0 Å². The molecule has 1 unspecified atom stereocenters. The quantitative estimate of drug-likeness (QED) is 0.400. The van der Waals surface area contributed by atoms with Crippen molar-refractivity contribution in [2.24, 2.45) is 0 Å². The standard InChI is InChI=1S/C15H23IN4O2/c1-15(2,3)22-14(21)18-7-8-20-12(10-18)11(9-17-20)19-6-4-5-13(19)16/h9,13H,4-8,10H2,1-3H3. The van der Waals surface area contributed by atoms with Gasteiger partial charge in [0.25, 0.3) is 0 Å². The number of halogens is 1. The second kappa shape index (κ2) is 5.90. The summed E-state index contributed by atoms with van der Waals surface area (Å²) in [5.74, 6) is 0. The number of rotatable bonds is 1. The van der Waals surface area contributed by atoms with Crippen LogP contribution >= 0.6 is 22.6 Å². The summed E-state index contributed by atoms with van der Waals surface area (Å²) < 4.78 is 8.04. The summed E-state index contributed by atoms with van der Waals surface area (Å²) in [6.07, 6.45) is 4.14. The first kappa shape index (κ1) is 15.9. The Morgan fingerprint density at radius 1 is 1.36 bits per heavy atom. The number of carbonyl (C=O) groups is 1. The Bertz CT molecular complexity index is 566. The zero-order chi connectivity index (χ0) is 15.9. The summed E-state index contributed by atoms with van der Waals surface area (Å²) in [7, 11) is 0. The van der Waals surface area contributed by atoms with Crippen LogP contribution in [-0.4, -0.2) is 43.5 Å². The van der Waals surface area contributed by atoms with Crippen LogP contribution in [0.5, 0.6) is 0 Å². The monoisotopic (exact) mass is 418 g/mol. The maximum Gasteiger partial charge on any atom is 0.410 e. The first-order valence-electron chi connectivity index (χ1n) is 7.78. The number of aromatic nitrogens is 2. The van der Waals surface area contributed by atoms with Gasteiger partial charge < -0.3 is 14.5 Å². The molecule has 0 aromatic carbocycles. The Kier molecular flexibility index (Phi) is 4.26. The van der Waals surface area contributed by atoms with Gasteiger partial charge in [-0.1, -0.05) is 22.6 Å². The lowest BCUT2D eigenvalue weighted by Gasteiger charge is -2.32. The SMILES string of the molecule is CC(C)(C)OC(=O)N1CCn2ncc(N3CCCC3I)c2C1. The molecular weight excluding hydrogens is 395 g/mol. The lowest BCUT2D eigenvalue weighted by atomic mass is 10.2. The zero-order valence-electron chi connectivity index (χ0n) is 13.4. The molecular formula is C15H23IN4O2. The van der Waals surface area contributed by atoms with Gasteiger partial charge in [0.1, 0.15) is 5.60 Å². The maximum absolute atomic E-state index is 12.3. The van der Waals surface area contributed by atoms with Crippen molar-refractivity contribution in [1.82, 2.24) is 14.7 Å². The van der Waals surface area contributed by atoms with Crippen LogP contribution in [0.25, 0.3) is 0 Å². The Morgan fingerprint density at radius 3 is 2.77 bits per heavy atom. The van der Waals surface area contributed by atoms with Gasteiger partial charge in [-0.15, -0.1) is 0 Å². The number of ether oxygens (including phenoxy) is 1. The van der Waals surface area contributed by atoms with Gasteiger partial charge in [0, 0.05) is 13.1 Å². The highest BCUT2D eigenvalue weighted by atomic mass is 127. The average molecular weight is 418 g/mol. The fraction of sp³-hybridized carbons (Fsp3) is 0.733. The highest BCUT2D eigenvalue weighted by Gasteiger charge is 2.31. The van der Waals surface area contributed by atoms with E-state index in [0.717, 1.165) is 18.8 Å². The molecule has 0 radical (unpaired) electrons. The van der Waals surface area contributed by atoms with Crippen LogP contribution in [0.2, 0.25) is 0 Å². The van der Waals surface area contributed by atoms with E-state index in [1.165, 1.54) is 18.5 Å². The first-order chi connectivity index (χ1) is 10.3.